The maximum atomic E-state index is 13.4. The van der Waals surface area contributed by atoms with E-state index in [1.54, 1.807) is 0 Å². The number of aliphatic hydroxyl groups is 1. The number of halogens is 1. The molecule has 0 aromatic heterocycles. The molecule has 0 bridgehead atoms. The number of nitrogens with one attached hydrogen (secondary N) is 1. The van der Waals surface area contributed by atoms with E-state index in [1.807, 2.05) is 5.32 Å². The average Bonchev–Trinajstić information content (AvgIpc) is 2.34. The van der Waals surface area contributed by atoms with Gasteiger partial charge in [-0.15, -0.1) is 0 Å². The number of nitro groups is 1. The lowest BCUT2D eigenvalue weighted by atomic mass is 10.1. The first-order valence-corrected chi connectivity index (χ1v) is 4.95. The van der Waals surface area contributed by atoms with E-state index >= 15 is 0 Å². The van der Waals surface area contributed by atoms with Crippen LogP contribution in [-0.4, -0.2) is 39.7 Å². The number of benzene rings is 1. The molecular weight excluding hydrogens is 263 g/mol. The summed E-state index contributed by atoms with van der Waals surface area (Å²) in [6, 6.07) is 0.734. The molecule has 8 nitrogen and oxygen atoms in total. The Kier molecular flexibility index (Phi) is 4.48. The van der Waals surface area contributed by atoms with E-state index in [1.165, 1.54) is 0 Å². The predicted molar refractivity (Wildman–Crippen MR) is 59.0 cm³/mol. The van der Waals surface area contributed by atoms with E-state index in [9.17, 15) is 24.1 Å². The molecule has 9 heteroatoms. The van der Waals surface area contributed by atoms with Gasteiger partial charge in [-0.3, -0.25) is 14.9 Å². The van der Waals surface area contributed by atoms with Gasteiger partial charge in [-0.1, -0.05) is 0 Å². The molecule has 0 fully saturated rings. The van der Waals surface area contributed by atoms with Crippen molar-refractivity contribution in [2.45, 2.75) is 6.04 Å². The number of carboxylic acids is 1. The first-order valence-electron chi connectivity index (χ1n) is 4.95. The smallest absolute Gasteiger partial charge is 0.328 e. The van der Waals surface area contributed by atoms with Crippen LogP contribution in [0, 0.1) is 15.9 Å². The summed E-state index contributed by atoms with van der Waals surface area (Å²) in [5.74, 6) is -3.74. The highest BCUT2D eigenvalue weighted by atomic mass is 19.1. The fourth-order valence-electron chi connectivity index (χ4n) is 1.22. The zero-order chi connectivity index (χ0) is 14.6. The molecule has 3 N–H and O–H groups in total. The van der Waals surface area contributed by atoms with Crippen molar-refractivity contribution in [3.63, 3.8) is 0 Å². The van der Waals surface area contributed by atoms with Crippen LogP contribution < -0.4 is 5.32 Å². The summed E-state index contributed by atoms with van der Waals surface area (Å²) in [5.41, 5.74) is -1.09. The molecule has 0 aliphatic carbocycles. The summed E-state index contributed by atoms with van der Waals surface area (Å²) in [7, 11) is 0. The van der Waals surface area contributed by atoms with Crippen LogP contribution in [-0.2, 0) is 4.79 Å². The van der Waals surface area contributed by atoms with Crippen molar-refractivity contribution in [2.75, 3.05) is 6.61 Å². The molecule has 0 saturated heterocycles. The molecule has 0 aliphatic heterocycles. The number of non-ortho nitro benzene ring substituents is 1. The highest BCUT2D eigenvalue weighted by Crippen LogP contribution is 2.16. The van der Waals surface area contributed by atoms with E-state index in [0.717, 1.165) is 12.1 Å². The monoisotopic (exact) mass is 272 g/mol. The molecule has 1 rings (SSSR count). The Bertz CT molecular complexity index is 533. The summed E-state index contributed by atoms with van der Waals surface area (Å²) in [5, 5.41) is 29.5. The Balaban J connectivity index is 2.94. The van der Waals surface area contributed by atoms with Gasteiger partial charge in [-0.25, -0.2) is 9.18 Å². The van der Waals surface area contributed by atoms with Crippen molar-refractivity contribution in [1.82, 2.24) is 5.32 Å². The fraction of sp³-hybridized carbons (Fsp3) is 0.200. The van der Waals surface area contributed by atoms with Crippen LogP contribution in [0.1, 0.15) is 10.4 Å². The molecule has 102 valence electrons. The number of carboxylic acid groups (broad SMARTS) is 1. The summed E-state index contributed by atoms with van der Waals surface area (Å²) in [6.45, 7) is -0.865. The van der Waals surface area contributed by atoms with Crippen LogP contribution in [0.3, 0.4) is 0 Å². The number of carbonyl (C=O) groups excluding carboxylic acids is 1. The Hall–Kier alpha value is -2.55. The molecule has 19 heavy (non-hydrogen) atoms. The minimum Gasteiger partial charge on any atom is -0.480 e. The number of hydrogen-bond donors (Lipinski definition) is 3. The molecule has 1 aromatic rings. The third-order valence-electron chi connectivity index (χ3n) is 2.19. The summed E-state index contributed by atoms with van der Waals surface area (Å²) in [4.78, 5) is 31.6. The number of aliphatic hydroxyl groups excluding tert-OH is 1. The summed E-state index contributed by atoms with van der Waals surface area (Å²) in [6.07, 6.45) is 0. The van der Waals surface area contributed by atoms with Gasteiger partial charge in [0.2, 0.25) is 0 Å². The lowest BCUT2D eigenvalue weighted by molar-refractivity contribution is -0.385. The van der Waals surface area contributed by atoms with Gasteiger partial charge in [0.25, 0.3) is 11.6 Å². The second kappa shape index (κ2) is 5.87. The number of amides is 1. The lowest BCUT2D eigenvalue weighted by Gasteiger charge is -2.11. The number of nitro benzene ring substituents is 1. The fourth-order valence-corrected chi connectivity index (χ4v) is 1.22. The largest absolute Gasteiger partial charge is 0.480 e. The van der Waals surface area contributed by atoms with Crippen molar-refractivity contribution >= 4 is 17.6 Å². The standard InChI is InChI=1S/C10H9FN2O6/c11-7-3-5(13(18)19)1-2-6(7)9(15)12-8(4-14)10(16)17/h1-3,8,14H,4H2,(H,12,15)(H,16,17)/t8-/m1/s1. The third kappa shape index (κ3) is 3.45. The van der Waals surface area contributed by atoms with Crippen molar-refractivity contribution in [1.29, 1.82) is 0 Å². The first-order chi connectivity index (χ1) is 8.86. The van der Waals surface area contributed by atoms with Gasteiger partial charge in [-0.2, -0.15) is 0 Å². The van der Waals surface area contributed by atoms with Gasteiger partial charge in [0.15, 0.2) is 6.04 Å². The number of aliphatic carboxylic acids is 1. The van der Waals surface area contributed by atoms with E-state index in [2.05, 4.69) is 0 Å². The Morgan fingerprint density at radius 1 is 1.47 bits per heavy atom. The molecule has 1 atom stereocenters. The molecule has 1 aromatic carbocycles. The molecule has 0 aliphatic rings. The van der Waals surface area contributed by atoms with Crippen molar-refractivity contribution < 1.29 is 29.1 Å². The van der Waals surface area contributed by atoms with Crippen molar-refractivity contribution in [3.05, 3.63) is 39.7 Å². The van der Waals surface area contributed by atoms with Gasteiger partial charge >= 0.3 is 5.97 Å². The van der Waals surface area contributed by atoms with Gasteiger partial charge < -0.3 is 15.5 Å². The van der Waals surface area contributed by atoms with Crippen molar-refractivity contribution in [3.8, 4) is 0 Å². The summed E-state index contributed by atoms with van der Waals surface area (Å²) < 4.78 is 13.4. The topological polar surface area (TPSA) is 130 Å². The van der Waals surface area contributed by atoms with Gasteiger partial charge in [0.1, 0.15) is 5.82 Å². The number of carbonyl (C=O) groups is 2. The second-order valence-electron chi connectivity index (χ2n) is 3.47. The SMILES string of the molecule is O=C(N[C@H](CO)C(=O)O)c1ccc([N+](=O)[O-])cc1F. The normalized spacial score (nSPS) is 11.7. The quantitative estimate of drug-likeness (QED) is 0.507. The van der Waals surface area contributed by atoms with E-state index in [0.29, 0.717) is 6.07 Å². The Labute approximate surface area is 105 Å². The summed E-state index contributed by atoms with van der Waals surface area (Å²) >= 11 is 0. The zero-order valence-electron chi connectivity index (χ0n) is 9.37. The highest BCUT2D eigenvalue weighted by Gasteiger charge is 2.22. The molecule has 1 amide bonds. The van der Waals surface area contributed by atoms with Crippen LogP contribution in [0.4, 0.5) is 10.1 Å². The maximum absolute atomic E-state index is 13.4. The van der Waals surface area contributed by atoms with Gasteiger partial charge in [0.05, 0.1) is 23.2 Å². The number of nitrogens with zero attached hydrogens (tertiary/aromatic N) is 1. The van der Waals surface area contributed by atoms with Crippen LogP contribution in [0.25, 0.3) is 0 Å². The minimum absolute atomic E-state index is 0.536. The zero-order valence-corrected chi connectivity index (χ0v) is 9.37. The molecule has 0 radical (unpaired) electrons. The lowest BCUT2D eigenvalue weighted by Crippen LogP contribution is -2.43. The predicted octanol–water partition coefficient (Wildman–Crippen LogP) is -0.0908. The molecule has 0 heterocycles. The van der Waals surface area contributed by atoms with Gasteiger partial charge in [0, 0.05) is 6.07 Å². The van der Waals surface area contributed by atoms with E-state index < -0.39 is 46.5 Å². The van der Waals surface area contributed by atoms with Crippen LogP contribution >= 0.6 is 0 Å². The number of rotatable bonds is 5. The minimum atomic E-state index is -1.58. The van der Waals surface area contributed by atoms with Crippen LogP contribution in [0.15, 0.2) is 18.2 Å². The van der Waals surface area contributed by atoms with E-state index in [4.69, 9.17) is 10.2 Å². The Morgan fingerprint density at radius 3 is 2.53 bits per heavy atom. The highest BCUT2D eigenvalue weighted by molar-refractivity contribution is 5.97. The average molecular weight is 272 g/mol. The second-order valence-corrected chi connectivity index (χ2v) is 3.47. The molecule has 0 unspecified atom stereocenters. The third-order valence-corrected chi connectivity index (χ3v) is 2.19. The number of hydrogen-bond acceptors (Lipinski definition) is 5. The van der Waals surface area contributed by atoms with E-state index in [-0.39, 0.29) is 0 Å². The molecular formula is C10H9FN2O6. The van der Waals surface area contributed by atoms with Gasteiger partial charge in [-0.05, 0) is 6.07 Å². The van der Waals surface area contributed by atoms with Crippen LogP contribution in [0.5, 0.6) is 0 Å². The first kappa shape index (κ1) is 14.5. The molecule has 0 spiro atoms. The van der Waals surface area contributed by atoms with Crippen LogP contribution in [0.2, 0.25) is 0 Å². The Morgan fingerprint density at radius 2 is 2.11 bits per heavy atom. The van der Waals surface area contributed by atoms with Crippen molar-refractivity contribution in [2.24, 2.45) is 0 Å². The maximum Gasteiger partial charge on any atom is 0.328 e. The molecule has 0 saturated carbocycles.